The van der Waals surface area contributed by atoms with Gasteiger partial charge in [-0.1, -0.05) is 13.8 Å². The van der Waals surface area contributed by atoms with E-state index < -0.39 is 12.1 Å². The summed E-state index contributed by atoms with van der Waals surface area (Å²) < 4.78 is 10.2. The van der Waals surface area contributed by atoms with Gasteiger partial charge in [0.25, 0.3) is 0 Å². The van der Waals surface area contributed by atoms with Crippen LogP contribution >= 0.6 is 0 Å². The van der Waals surface area contributed by atoms with E-state index in [9.17, 15) is 4.79 Å². The van der Waals surface area contributed by atoms with Crippen LogP contribution in [-0.4, -0.2) is 37.0 Å². The summed E-state index contributed by atoms with van der Waals surface area (Å²) in [6.45, 7) is 7.09. The summed E-state index contributed by atoms with van der Waals surface area (Å²) in [6.07, 6.45) is -0.748. The quantitative estimate of drug-likeness (QED) is 0.612. The molecular formula is C9H18O4. The Bertz CT molecular complexity index is 145. The zero-order chi connectivity index (χ0) is 10.3. The molecule has 1 atom stereocenters. The Morgan fingerprint density at radius 2 is 1.92 bits per heavy atom. The van der Waals surface area contributed by atoms with Gasteiger partial charge in [-0.15, -0.1) is 0 Å². The molecule has 1 N–H and O–H groups in total. The largest absolute Gasteiger partial charge is 0.479 e. The lowest BCUT2D eigenvalue weighted by molar-refractivity contribution is -0.150. The van der Waals surface area contributed by atoms with E-state index >= 15 is 0 Å². The number of aliphatic carboxylic acids is 1. The molecule has 0 aliphatic heterocycles. The smallest absolute Gasteiger partial charge is 0.332 e. The van der Waals surface area contributed by atoms with Crippen molar-refractivity contribution in [3.63, 3.8) is 0 Å². The molecule has 0 aromatic heterocycles. The van der Waals surface area contributed by atoms with Crippen LogP contribution in [0.4, 0.5) is 0 Å². The normalized spacial score (nSPS) is 13.2. The van der Waals surface area contributed by atoms with Crippen LogP contribution in [-0.2, 0) is 14.3 Å². The van der Waals surface area contributed by atoms with Crippen LogP contribution in [0.1, 0.15) is 20.8 Å². The average Bonchev–Trinajstić information content (AvgIpc) is 2.02. The summed E-state index contributed by atoms with van der Waals surface area (Å²) in [5, 5.41) is 8.46. The van der Waals surface area contributed by atoms with Gasteiger partial charge in [0.05, 0.1) is 13.2 Å². The Kier molecular flexibility index (Phi) is 6.54. The first kappa shape index (κ1) is 12.4. The molecule has 13 heavy (non-hydrogen) atoms. The SMILES string of the molecule is CC(C)COCCO[C@@H](C)C(=O)O. The summed E-state index contributed by atoms with van der Waals surface area (Å²) >= 11 is 0. The van der Waals surface area contributed by atoms with Gasteiger partial charge < -0.3 is 14.6 Å². The molecular weight excluding hydrogens is 172 g/mol. The van der Waals surface area contributed by atoms with Crippen molar-refractivity contribution in [2.45, 2.75) is 26.9 Å². The van der Waals surface area contributed by atoms with Crippen molar-refractivity contribution in [1.29, 1.82) is 0 Å². The maximum atomic E-state index is 10.3. The Morgan fingerprint density at radius 1 is 1.31 bits per heavy atom. The zero-order valence-electron chi connectivity index (χ0n) is 8.45. The summed E-state index contributed by atoms with van der Waals surface area (Å²) in [5.74, 6) is -0.444. The van der Waals surface area contributed by atoms with Crippen LogP contribution in [0, 0.1) is 5.92 Å². The molecule has 0 aromatic rings. The van der Waals surface area contributed by atoms with E-state index in [0.717, 1.165) is 0 Å². The Hall–Kier alpha value is -0.610. The van der Waals surface area contributed by atoms with Crippen LogP contribution < -0.4 is 0 Å². The average molecular weight is 190 g/mol. The summed E-state index contributed by atoms with van der Waals surface area (Å²) in [6, 6.07) is 0. The third kappa shape index (κ3) is 7.74. The highest BCUT2D eigenvalue weighted by Gasteiger charge is 2.09. The second-order valence-corrected chi connectivity index (χ2v) is 3.32. The molecule has 78 valence electrons. The van der Waals surface area contributed by atoms with Gasteiger partial charge in [0, 0.05) is 6.61 Å². The molecule has 4 heteroatoms. The maximum Gasteiger partial charge on any atom is 0.332 e. The Balaban J connectivity index is 3.21. The number of carboxylic acid groups (broad SMARTS) is 1. The molecule has 0 saturated heterocycles. The van der Waals surface area contributed by atoms with Gasteiger partial charge in [-0.3, -0.25) is 0 Å². The summed E-state index contributed by atoms with van der Waals surface area (Å²) in [7, 11) is 0. The lowest BCUT2D eigenvalue weighted by atomic mass is 10.2. The van der Waals surface area contributed by atoms with E-state index in [1.165, 1.54) is 6.92 Å². The molecule has 0 bridgehead atoms. The van der Waals surface area contributed by atoms with Gasteiger partial charge >= 0.3 is 5.97 Å². The highest BCUT2D eigenvalue weighted by Crippen LogP contribution is 1.94. The molecule has 0 aliphatic rings. The third-order valence-electron chi connectivity index (χ3n) is 1.39. The summed E-state index contributed by atoms with van der Waals surface area (Å²) in [4.78, 5) is 10.3. The Labute approximate surface area is 78.8 Å². The van der Waals surface area contributed by atoms with Gasteiger partial charge in [-0.05, 0) is 12.8 Å². The number of carbonyl (C=O) groups is 1. The van der Waals surface area contributed by atoms with Gasteiger partial charge in [0.2, 0.25) is 0 Å². The molecule has 0 unspecified atom stereocenters. The molecule has 0 heterocycles. The minimum Gasteiger partial charge on any atom is -0.479 e. The first-order valence-electron chi connectivity index (χ1n) is 4.46. The fourth-order valence-electron chi connectivity index (χ4n) is 0.674. The van der Waals surface area contributed by atoms with Crippen molar-refractivity contribution in [1.82, 2.24) is 0 Å². The molecule has 0 fully saturated rings. The Morgan fingerprint density at radius 3 is 2.38 bits per heavy atom. The highest BCUT2D eigenvalue weighted by molar-refractivity contribution is 5.71. The minimum absolute atomic E-state index is 0.334. The predicted octanol–water partition coefficient (Wildman–Crippen LogP) is 1.15. The lowest BCUT2D eigenvalue weighted by Crippen LogP contribution is -2.22. The molecule has 0 radical (unpaired) electrons. The minimum atomic E-state index is -0.941. The maximum absolute atomic E-state index is 10.3. The fraction of sp³-hybridized carbons (Fsp3) is 0.889. The molecule has 0 saturated carbocycles. The zero-order valence-corrected chi connectivity index (χ0v) is 8.45. The monoisotopic (exact) mass is 190 g/mol. The lowest BCUT2D eigenvalue weighted by Gasteiger charge is -2.09. The van der Waals surface area contributed by atoms with Crippen molar-refractivity contribution in [2.75, 3.05) is 19.8 Å². The van der Waals surface area contributed by atoms with Crippen LogP contribution in [0.2, 0.25) is 0 Å². The van der Waals surface area contributed by atoms with Crippen molar-refractivity contribution < 1.29 is 19.4 Å². The standard InChI is InChI=1S/C9H18O4/c1-7(2)6-12-4-5-13-8(3)9(10)11/h7-8H,4-6H2,1-3H3,(H,10,11)/t8-/m0/s1. The molecule has 0 aromatic carbocycles. The highest BCUT2D eigenvalue weighted by atomic mass is 16.5. The van der Waals surface area contributed by atoms with Crippen LogP contribution in [0.25, 0.3) is 0 Å². The van der Waals surface area contributed by atoms with E-state index in [4.69, 9.17) is 14.6 Å². The second kappa shape index (κ2) is 6.86. The van der Waals surface area contributed by atoms with Crippen molar-refractivity contribution in [3.8, 4) is 0 Å². The topological polar surface area (TPSA) is 55.8 Å². The molecule has 4 nitrogen and oxygen atoms in total. The van der Waals surface area contributed by atoms with Gasteiger partial charge in [-0.25, -0.2) is 4.79 Å². The third-order valence-corrected chi connectivity index (χ3v) is 1.39. The second-order valence-electron chi connectivity index (χ2n) is 3.32. The molecule has 0 amide bonds. The van der Waals surface area contributed by atoms with Crippen LogP contribution in [0.3, 0.4) is 0 Å². The van der Waals surface area contributed by atoms with E-state index in [2.05, 4.69) is 13.8 Å². The number of hydrogen-bond acceptors (Lipinski definition) is 3. The number of carboxylic acids is 1. The van der Waals surface area contributed by atoms with Crippen LogP contribution in [0.5, 0.6) is 0 Å². The van der Waals surface area contributed by atoms with E-state index in [-0.39, 0.29) is 0 Å². The molecule has 0 aliphatic carbocycles. The predicted molar refractivity (Wildman–Crippen MR) is 48.7 cm³/mol. The fourth-order valence-corrected chi connectivity index (χ4v) is 0.674. The van der Waals surface area contributed by atoms with Crippen LogP contribution in [0.15, 0.2) is 0 Å². The van der Waals surface area contributed by atoms with Crippen molar-refractivity contribution >= 4 is 5.97 Å². The van der Waals surface area contributed by atoms with Crippen molar-refractivity contribution in [2.24, 2.45) is 5.92 Å². The van der Waals surface area contributed by atoms with E-state index in [0.29, 0.717) is 25.7 Å². The number of ether oxygens (including phenoxy) is 2. The number of hydrogen-bond donors (Lipinski definition) is 1. The van der Waals surface area contributed by atoms with E-state index in [1.807, 2.05) is 0 Å². The van der Waals surface area contributed by atoms with Gasteiger partial charge in [0.1, 0.15) is 0 Å². The van der Waals surface area contributed by atoms with Gasteiger partial charge in [-0.2, -0.15) is 0 Å². The number of rotatable bonds is 7. The van der Waals surface area contributed by atoms with E-state index in [1.54, 1.807) is 0 Å². The summed E-state index contributed by atoms with van der Waals surface area (Å²) in [5.41, 5.74) is 0. The molecule has 0 rings (SSSR count). The first-order valence-corrected chi connectivity index (χ1v) is 4.46. The first-order chi connectivity index (χ1) is 6.04. The van der Waals surface area contributed by atoms with Gasteiger partial charge in [0.15, 0.2) is 6.10 Å². The molecule has 0 spiro atoms. The van der Waals surface area contributed by atoms with Crippen molar-refractivity contribution in [3.05, 3.63) is 0 Å².